The monoisotopic (exact) mass is 293 g/mol. The lowest BCUT2D eigenvalue weighted by Crippen LogP contribution is -1.97. The van der Waals surface area contributed by atoms with Crippen molar-refractivity contribution in [2.45, 2.75) is 6.61 Å². The normalized spacial score (nSPS) is 10.0. The van der Waals surface area contributed by atoms with Crippen LogP contribution in [0.4, 0.5) is 0 Å². The Kier molecular flexibility index (Phi) is 3.98. The van der Waals surface area contributed by atoms with Crippen molar-refractivity contribution in [2.24, 2.45) is 0 Å². The van der Waals surface area contributed by atoms with Gasteiger partial charge in [0.05, 0.1) is 7.11 Å². The lowest BCUT2D eigenvalue weighted by atomic mass is 10.3. The third-order valence-corrected chi connectivity index (χ3v) is 2.72. The summed E-state index contributed by atoms with van der Waals surface area (Å²) in [4.78, 5) is 4.14. The summed E-state index contributed by atoms with van der Waals surface area (Å²) in [5.41, 5.74) is 1.01. The summed E-state index contributed by atoms with van der Waals surface area (Å²) in [6.45, 7) is 0.473. The summed E-state index contributed by atoms with van der Waals surface area (Å²) in [5.74, 6) is 1.47. The molecule has 0 amide bonds. The SMILES string of the molecule is COc1ccccc1OCc1ccc(Br)nc1. The average Bonchev–Trinajstić information content (AvgIpc) is 2.38. The maximum absolute atomic E-state index is 5.67. The fraction of sp³-hybridized carbons (Fsp3) is 0.154. The lowest BCUT2D eigenvalue weighted by molar-refractivity contribution is 0.284. The predicted octanol–water partition coefficient (Wildman–Crippen LogP) is 3.43. The number of benzene rings is 1. The van der Waals surface area contributed by atoms with Gasteiger partial charge in [-0.15, -0.1) is 0 Å². The topological polar surface area (TPSA) is 31.4 Å². The first-order valence-electron chi connectivity index (χ1n) is 5.16. The number of hydrogen-bond donors (Lipinski definition) is 0. The Morgan fingerprint density at radius 3 is 2.53 bits per heavy atom. The van der Waals surface area contributed by atoms with Crippen molar-refractivity contribution >= 4 is 15.9 Å². The van der Waals surface area contributed by atoms with E-state index in [0.29, 0.717) is 6.61 Å². The van der Waals surface area contributed by atoms with Crippen LogP contribution in [0.3, 0.4) is 0 Å². The summed E-state index contributed by atoms with van der Waals surface area (Å²) < 4.78 is 11.7. The van der Waals surface area contributed by atoms with Crippen molar-refractivity contribution in [1.29, 1.82) is 0 Å². The Balaban J connectivity index is 2.04. The van der Waals surface area contributed by atoms with Gasteiger partial charge in [0.25, 0.3) is 0 Å². The Morgan fingerprint density at radius 1 is 1.12 bits per heavy atom. The zero-order valence-corrected chi connectivity index (χ0v) is 11.0. The zero-order valence-electron chi connectivity index (χ0n) is 9.39. The van der Waals surface area contributed by atoms with E-state index in [4.69, 9.17) is 9.47 Å². The van der Waals surface area contributed by atoms with E-state index in [9.17, 15) is 0 Å². The second kappa shape index (κ2) is 5.68. The number of para-hydroxylation sites is 2. The van der Waals surface area contributed by atoms with Crippen LogP contribution in [0.5, 0.6) is 11.5 Å². The van der Waals surface area contributed by atoms with Gasteiger partial charge in [-0.2, -0.15) is 0 Å². The maximum Gasteiger partial charge on any atom is 0.161 e. The molecule has 0 aliphatic heterocycles. The molecule has 1 aromatic heterocycles. The molecule has 1 aromatic carbocycles. The minimum Gasteiger partial charge on any atom is -0.493 e. The van der Waals surface area contributed by atoms with E-state index in [1.165, 1.54) is 0 Å². The molecule has 2 rings (SSSR count). The highest BCUT2D eigenvalue weighted by molar-refractivity contribution is 9.10. The molecule has 0 bridgehead atoms. The van der Waals surface area contributed by atoms with Crippen molar-refractivity contribution in [2.75, 3.05) is 7.11 Å². The van der Waals surface area contributed by atoms with Crippen molar-refractivity contribution in [3.8, 4) is 11.5 Å². The summed E-state index contributed by atoms with van der Waals surface area (Å²) >= 11 is 3.29. The van der Waals surface area contributed by atoms with E-state index < -0.39 is 0 Å². The molecular formula is C13H12BrNO2. The van der Waals surface area contributed by atoms with Gasteiger partial charge in [-0.25, -0.2) is 4.98 Å². The third kappa shape index (κ3) is 3.20. The molecule has 0 unspecified atom stereocenters. The highest BCUT2D eigenvalue weighted by Crippen LogP contribution is 2.26. The van der Waals surface area contributed by atoms with Gasteiger partial charge in [0.2, 0.25) is 0 Å². The van der Waals surface area contributed by atoms with E-state index in [1.807, 2.05) is 36.4 Å². The fourth-order valence-electron chi connectivity index (χ4n) is 1.39. The first kappa shape index (κ1) is 11.9. The van der Waals surface area contributed by atoms with E-state index in [1.54, 1.807) is 13.3 Å². The first-order chi connectivity index (χ1) is 8.29. The minimum atomic E-state index is 0.473. The molecule has 88 valence electrons. The number of hydrogen-bond acceptors (Lipinski definition) is 3. The lowest BCUT2D eigenvalue weighted by Gasteiger charge is -2.09. The number of nitrogens with zero attached hydrogens (tertiary/aromatic N) is 1. The fourth-order valence-corrected chi connectivity index (χ4v) is 1.63. The molecule has 17 heavy (non-hydrogen) atoms. The van der Waals surface area contributed by atoms with Gasteiger partial charge in [-0.1, -0.05) is 18.2 Å². The molecule has 0 atom stereocenters. The number of ether oxygens (including phenoxy) is 2. The number of pyridine rings is 1. The van der Waals surface area contributed by atoms with Crippen LogP contribution in [-0.2, 0) is 6.61 Å². The van der Waals surface area contributed by atoms with E-state index in [2.05, 4.69) is 20.9 Å². The Morgan fingerprint density at radius 2 is 1.88 bits per heavy atom. The molecule has 0 N–H and O–H groups in total. The summed E-state index contributed by atoms with van der Waals surface area (Å²) in [5, 5.41) is 0. The van der Waals surface area contributed by atoms with Crippen molar-refractivity contribution in [3.63, 3.8) is 0 Å². The molecule has 2 aromatic rings. The summed E-state index contributed by atoms with van der Waals surface area (Å²) in [7, 11) is 1.63. The molecule has 0 radical (unpaired) electrons. The highest BCUT2D eigenvalue weighted by Gasteiger charge is 2.02. The van der Waals surface area contributed by atoms with Gasteiger partial charge in [0, 0.05) is 11.8 Å². The van der Waals surface area contributed by atoms with Crippen LogP contribution in [0.1, 0.15) is 5.56 Å². The molecule has 0 fully saturated rings. The molecule has 0 spiro atoms. The maximum atomic E-state index is 5.67. The summed E-state index contributed by atoms with van der Waals surface area (Å²) in [6.07, 6.45) is 1.78. The van der Waals surface area contributed by atoms with E-state index >= 15 is 0 Å². The predicted molar refractivity (Wildman–Crippen MR) is 69.3 cm³/mol. The summed E-state index contributed by atoms with van der Waals surface area (Å²) in [6, 6.07) is 11.4. The Bertz CT molecular complexity index is 485. The van der Waals surface area contributed by atoms with Crippen LogP contribution in [0, 0.1) is 0 Å². The minimum absolute atomic E-state index is 0.473. The quantitative estimate of drug-likeness (QED) is 0.810. The van der Waals surface area contributed by atoms with Crippen molar-refractivity contribution < 1.29 is 9.47 Å². The number of methoxy groups -OCH3 is 1. The van der Waals surface area contributed by atoms with E-state index in [-0.39, 0.29) is 0 Å². The molecule has 3 nitrogen and oxygen atoms in total. The molecule has 0 saturated carbocycles. The van der Waals surface area contributed by atoms with Crippen LogP contribution in [0.15, 0.2) is 47.2 Å². The second-order valence-electron chi connectivity index (χ2n) is 3.43. The Labute approximate surface area is 109 Å². The molecule has 0 aliphatic carbocycles. The number of aromatic nitrogens is 1. The standard InChI is InChI=1S/C13H12BrNO2/c1-16-11-4-2-3-5-12(11)17-9-10-6-7-13(14)15-8-10/h2-8H,9H2,1H3. The van der Waals surface area contributed by atoms with Gasteiger partial charge < -0.3 is 9.47 Å². The Hall–Kier alpha value is -1.55. The first-order valence-corrected chi connectivity index (χ1v) is 5.95. The van der Waals surface area contributed by atoms with Gasteiger partial charge >= 0.3 is 0 Å². The van der Waals surface area contributed by atoms with Crippen LogP contribution in [0.25, 0.3) is 0 Å². The number of halogens is 1. The molecule has 4 heteroatoms. The largest absolute Gasteiger partial charge is 0.493 e. The molecular weight excluding hydrogens is 282 g/mol. The van der Waals surface area contributed by atoms with Crippen molar-refractivity contribution in [1.82, 2.24) is 4.98 Å². The molecule has 0 aliphatic rings. The van der Waals surface area contributed by atoms with Gasteiger partial charge in [0.1, 0.15) is 11.2 Å². The number of rotatable bonds is 4. The molecule has 0 saturated heterocycles. The van der Waals surface area contributed by atoms with Crippen LogP contribution >= 0.6 is 15.9 Å². The smallest absolute Gasteiger partial charge is 0.161 e. The zero-order chi connectivity index (χ0) is 12.1. The van der Waals surface area contributed by atoms with E-state index in [0.717, 1.165) is 21.7 Å². The van der Waals surface area contributed by atoms with Gasteiger partial charge in [-0.05, 0) is 34.1 Å². The third-order valence-electron chi connectivity index (χ3n) is 2.25. The van der Waals surface area contributed by atoms with Gasteiger partial charge in [0.15, 0.2) is 11.5 Å². The average molecular weight is 294 g/mol. The van der Waals surface area contributed by atoms with Crippen molar-refractivity contribution in [3.05, 3.63) is 52.8 Å². The van der Waals surface area contributed by atoms with Crippen LogP contribution < -0.4 is 9.47 Å². The second-order valence-corrected chi connectivity index (χ2v) is 4.24. The molecule has 1 heterocycles. The van der Waals surface area contributed by atoms with Crippen LogP contribution in [0.2, 0.25) is 0 Å². The van der Waals surface area contributed by atoms with Crippen LogP contribution in [-0.4, -0.2) is 12.1 Å². The van der Waals surface area contributed by atoms with Gasteiger partial charge in [-0.3, -0.25) is 0 Å². The highest BCUT2D eigenvalue weighted by atomic mass is 79.9.